The van der Waals surface area contributed by atoms with Gasteiger partial charge in [-0.3, -0.25) is 4.79 Å². The van der Waals surface area contributed by atoms with Crippen LogP contribution in [0.5, 0.6) is 5.75 Å². The second-order valence-corrected chi connectivity index (χ2v) is 4.15. The van der Waals surface area contributed by atoms with Crippen molar-refractivity contribution in [2.24, 2.45) is 0 Å². The van der Waals surface area contributed by atoms with Crippen LogP contribution < -0.4 is 10.1 Å². The van der Waals surface area contributed by atoms with Gasteiger partial charge in [0.05, 0.1) is 6.61 Å². The number of benzene rings is 2. The first-order chi connectivity index (χ1) is 9.79. The Kier molecular flexibility index (Phi) is 4.80. The highest BCUT2D eigenvalue weighted by Crippen LogP contribution is 2.16. The molecule has 1 amide bonds. The van der Waals surface area contributed by atoms with Gasteiger partial charge in [-0.15, -0.1) is 12.3 Å². The molecule has 3 heteroatoms. The number of rotatable bonds is 5. The normalized spacial score (nSPS) is 9.55. The maximum Gasteiger partial charge on any atom is 0.255 e. The fourth-order valence-corrected chi connectivity index (χ4v) is 1.66. The maximum absolute atomic E-state index is 11.9. The Labute approximate surface area is 118 Å². The quantitative estimate of drug-likeness (QED) is 0.665. The van der Waals surface area contributed by atoms with E-state index in [1.807, 2.05) is 18.2 Å². The Hall–Kier alpha value is -2.73. The molecule has 0 atom stereocenters. The highest BCUT2D eigenvalue weighted by Gasteiger charge is 2.04. The van der Waals surface area contributed by atoms with Gasteiger partial charge < -0.3 is 10.1 Å². The van der Waals surface area contributed by atoms with E-state index in [-0.39, 0.29) is 5.91 Å². The molecular weight excluding hydrogens is 250 g/mol. The molecule has 2 aromatic carbocycles. The predicted molar refractivity (Wildman–Crippen MR) is 79.8 cm³/mol. The summed E-state index contributed by atoms with van der Waals surface area (Å²) < 4.78 is 5.44. The zero-order valence-electron chi connectivity index (χ0n) is 11.0. The minimum Gasteiger partial charge on any atom is -0.493 e. The zero-order valence-corrected chi connectivity index (χ0v) is 11.0. The largest absolute Gasteiger partial charge is 0.493 e. The first-order valence-corrected chi connectivity index (χ1v) is 6.32. The first kappa shape index (κ1) is 13.7. The lowest BCUT2D eigenvalue weighted by Crippen LogP contribution is -2.11. The molecule has 0 heterocycles. The Morgan fingerprint density at radius 1 is 1.10 bits per heavy atom. The second-order valence-electron chi connectivity index (χ2n) is 4.15. The summed E-state index contributed by atoms with van der Waals surface area (Å²) >= 11 is 0. The van der Waals surface area contributed by atoms with Crippen molar-refractivity contribution in [3.63, 3.8) is 0 Å². The van der Waals surface area contributed by atoms with E-state index in [9.17, 15) is 4.79 Å². The molecule has 3 nitrogen and oxygen atoms in total. The van der Waals surface area contributed by atoms with Gasteiger partial charge in [0.2, 0.25) is 0 Å². The number of ether oxygens (including phenoxy) is 1. The molecule has 100 valence electrons. The molecule has 0 aromatic heterocycles. The molecule has 20 heavy (non-hydrogen) atoms. The van der Waals surface area contributed by atoms with Crippen molar-refractivity contribution in [3.8, 4) is 18.1 Å². The molecule has 0 fully saturated rings. The molecule has 2 aromatic rings. The monoisotopic (exact) mass is 265 g/mol. The van der Waals surface area contributed by atoms with Crippen LogP contribution in [0.4, 0.5) is 5.69 Å². The van der Waals surface area contributed by atoms with E-state index in [1.54, 1.807) is 36.4 Å². The van der Waals surface area contributed by atoms with Crippen molar-refractivity contribution in [1.29, 1.82) is 0 Å². The fourth-order valence-electron chi connectivity index (χ4n) is 1.66. The van der Waals surface area contributed by atoms with Crippen molar-refractivity contribution in [2.45, 2.75) is 6.42 Å². The summed E-state index contributed by atoms with van der Waals surface area (Å²) in [6, 6.07) is 16.3. The van der Waals surface area contributed by atoms with Gasteiger partial charge >= 0.3 is 0 Å². The molecule has 2 rings (SSSR count). The van der Waals surface area contributed by atoms with Crippen LogP contribution in [0.2, 0.25) is 0 Å². The number of hydrogen-bond acceptors (Lipinski definition) is 2. The molecule has 0 unspecified atom stereocenters. The van der Waals surface area contributed by atoms with E-state index in [1.165, 1.54) is 0 Å². The predicted octanol–water partition coefficient (Wildman–Crippen LogP) is 3.34. The average molecular weight is 265 g/mol. The Balaban J connectivity index is 1.94. The van der Waals surface area contributed by atoms with Crippen LogP contribution in [0, 0.1) is 12.3 Å². The molecule has 1 N–H and O–H groups in total. The molecule has 0 saturated heterocycles. The third-order valence-corrected chi connectivity index (χ3v) is 2.66. The molecule has 0 saturated carbocycles. The van der Waals surface area contributed by atoms with Crippen molar-refractivity contribution in [1.82, 2.24) is 0 Å². The maximum atomic E-state index is 11.9. The Morgan fingerprint density at radius 2 is 1.80 bits per heavy atom. The standard InChI is InChI=1S/C17H15NO2/c1-2-3-13-20-16-11-9-15(10-12-16)18-17(19)14-7-5-4-6-8-14/h1,4-12H,3,13H2,(H,18,19). The second kappa shape index (κ2) is 7.01. The van der Waals surface area contributed by atoms with Crippen LogP contribution in [0.1, 0.15) is 16.8 Å². The van der Waals surface area contributed by atoms with Crippen LogP contribution in [-0.4, -0.2) is 12.5 Å². The highest BCUT2D eigenvalue weighted by molar-refractivity contribution is 6.04. The number of nitrogens with one attached hydrogen (secondary N) is 1. The van der Waals surface area contributed by atoms with Gasteiger partial charge in [0.1, 0.15) is 5.75 Å². The lowest BCUT2D eigenvalue weighted by molar-refractivity contribution is 0.102. The van der Waals surface area contributed by atoms with Gasteiger partial charge in [-0.05, 0) is 36.4 Å². The lowest BCUT2D eigenvalue weighted by Gasteiger charge is -2.07. The third-order valence-electron chi connectivity index (χ3n) is 2.66. The number of hydrogen-bond donors (Lipinski definition) is 1. The van der Waals surface area contributed by atoms with E-state index in [4.69, 9.17) is 11.2 Å². The van der Waals surface area contributed by atoms with Gasteiger partial charge in [-0.25, -0.2) is 0 Å². The van der Waals surface area contributed by atoms with Crippen LogP contribution >= 0.6 is 0 Å². The number of terminal acetylenes is 1. The van der Waals surface area contributed by atoms with Crippen molar-refractivity contribution < 1.29 is 9.53 Å². The van der Waals surface area contributed by atoms with Gasteiger partial charge in [-0.2, -0.15) is 0 Å². The van der Waals surface area contributed by atoms with Crippen LogP contribution in [-0.2, 0) is 0 Å². The van der Waals surface area contributed by atoms with Crippen molar-refractivity contribution in [3.05, 3.63) is 60.2 Å². The van der Waals surface area contributed by atoms with Crippen LogP contribution in [0.3, 0.4) is 0 Å². The molecule has 0 aliphatic carbocycles. The van der Waals surface area contributed by atoms with Crippen LogP contribution in [0.25, 0.3) is 0 Å². The van der Waals surface area contributed by atoms with Crippen molar-refractivity contribution in [2.75, 3.05) is 11.9 Å². The Bertz CT molecular complexity index is 597. The summed E-state index contributed by atoms with van der Waals surface area (Å²) in [6.07, 6.45) is 5.73. The lowest BCUT2D eigenvalue weighted by atomic mass is 10.2. The number of carbonyl (C=O) groups excluding carboxylic acids is 1. The van der Waals surface area contributed by atoms with E-state index >= 15 is 0 Å². The van der Waals surface area contributed by atoms with E-state index < -0.39 is 0 Å². The van der Waals surface area contributed by atoms with Gasteiger partial charge in [0, 0.05) is 17.7 Å². The topological polar surface area (TPSA) is 38.3 Å². The van der Waals surface area contributed by atoms with E-state index in [2.05, 4.69) is 11.2 Å². The van der Waals surface area contributed by atoms with Crippen molar-refractivity contribution >= 4 is 11.6 Å². The number of carbonyl (C=O) groups is 1. The minimum absolute atomic E-state index is 0.133. The van der Waals surface area contributed by atoms with Gasteiger partial charge in [0.25, 0.3) is 5.91 Å². The highest BCUT2D eigenvalue weighted by atomic mass is 16.5. The summed E-state index contributed by atoms with van der Waals surface area (Å²) in [5, 5.41) is 2.83. The van der Waals surface area contributed by atoms with E-state index in [0.717, 1.165) is 11.4 Å². The van der Waals surface area contributed by atoms with Crippen LogP contribution in [0.15, 0.2) is 54.6 Å². The molecule has 0 aliphatic rings. The molecule has 0 bridgehead atoms. The average Bonchev–Trinajstić information content (AvgIpc) is 2.50. The van der Waals surface area contributed by atoms with Gasteiger partial charge in [-0.1, -0.05) is 18.2 Å². The smallest absolute Gasteiger partial charge is 0.255 e. The molecule has 0 radical (unpaired) electrons. The summed E-state index contributed by atoms with van der Waals surface area (Å²) in [4.78, 5) is 11.9. The third kappa shape index (κ3) is 3.89. The fraction of sp³-hybridized carbons (Fsp3) is 0.118. The minimum atomic E-state index is -0.133. The molecule has 0 aliphatic heterocycles. The number of amides is 1. The molecular formula is C17H15NO2. The molecule has 0 spiro atoms. The summed E-state index contributed by atoms with van der Waals surface area (Å²) in [5.74, 6) is 3.11. The SMILES string of the molecule is C#CCCOc1ccc(NC(=O)c2ccccc2)cc1. The van der Waals surface area contributed by atoms with E-state index in [0.29, 0.717) is 18.6 Å². The summed E-state index contributed by atoms with van der Waals surface area (Å²) in [5.41, 5.74) is 1.35. The Morgan fingerprint density at radius 3 is 2.45 bits per heavy atom. The summed E-state index contributed by atoms with van der Waals surface area (Å²) in [7, 11) is 0. The summed E-state index contributed by atoms with van der Waals surface area (Å²) in [6.45, 7) is 0.492. The number of anilines is 1. The zero-order chi connectivity index (χ0) is 14.2. The first-order valence-electron chi connectivity index (χ1n) is 6.32. The van der Waals surface area contributed by atoms with Gasteiger partial charge in [0.15, 0.2) is 0 Å².